The van der Waals surface area contributed by atoms with Crippen LogP contribution in [0, 0.1) is 0 Å². The SMILES string of the molecule is CCCCc1cc2ccc3c(-c4c5ccccc5c(-c5ccccc5)c5ccccc45)ccc4oc(c1)c2c43. The van der Waals surface area contributed by atoms with Gasteiger partial charge in [-0.15, -0.1) is 0 Å². The highest BCUT2D eigenvalue weighted by Gasteiger charge is 2.21. The maximum atomic E-state index is 6.48. The lowest BCUT2D eigenvalue weighted by Crippen LogP contribution is -1.91. The van der Waals surface area contributed by atoms with Crippen LogP contribution in [0.4, 0.5) is 0 Å². The topological polar surface area (TPSA) is 13.1 Å². The van der Waals surface area contributed by atoms with E-state index in [4.69, 9.17) is 4.42 Å². The minimum absolute atomic E-state index is 0.969. The number of aryl methyl sites for hydroxylation is 1. The maximum absolute atomic E-state index is 6.48. The van der Waals surface area contributed by atoms with Crippen LogP contribution >= 0.6 is 0 Å². The Morgan fingerprint density at radius 2 is 1.21 bits per heavy atom. The third-order valence-corrected chi connectivity index (χ3v) is 8.38. The zero-order valence-corrected chi connectivity index (χ0v) is 22.0. The molecular weight excluding hydrogens is 472 g/mol. The van der Waals surface area contributed by atoms with Crippen LogP contribution in [-0.2, 0) is 6.42 Å². The van der Waals surface area contributed by atoms with Crippen molar-refractivity contribution in [1.29, 1.82) is 0 Å². The lowest BCUT2D eigenvalue weighted by atomic mass is 9.84. The van der Waals surface area contributed by atoms with Gasteiger partial charge in [-0.3, -0.25) is 0 Å². The van der Waals surface area contributed by atoms with Gasteiger partial charge >= 0.3 is 0 Å². The van der Waals surface area contributed by atoms with Crippen molar-refractivity contribution in [3.63, 3.8) is 0 Å². The average molecular weight is 501 g/mol. The molecule has 0 bridgehead atoms. The minimum Gasteiger partial charge on any atom is -0.456 e. The molecule has 0 spiro atoms. The lowest BCUT2D eigenvalue weighted by molar-refractivity contribution is 0.668. The first kappa shape index (κ1) is 22.4. The summed E-state index contributed by atoms with van der Waals surface area (Å²) in [6, 6.07) is 42.2. The molecule has 0 saturated carbocycles. The summed E-state index contributed by atoms with van der Waals surface area (Å²) < 4.78 is 6.48. The molecule has 0 amide bonds. The Hall–Kier alpha value is -4.62. The Morgan fingerprint density at radius 3 is 1.90 bits per heavy atom. The summed E-state index contributed by atoms with van der Waals surface area (Å²) in [4.78, 5) is 0. The molecule has 0 saturated heterocycles. The normalized spacial score (nSPS) is 12.0. The number of fused-ring (bicyclic) bond motifs is 2. The molecule has 0 N–H and O–H groups in total. The van der Waals surface area contributed by atoms with Gasteiger partial charge in [0, 0.05) is 10.8 Å². The zero-order valence-electron chi connectivity index (χ0n) is 22.0. The first-order chi connectivity index (χ1) is 19.3. The highest BCUT2D eigenvalue weighted by atomic mass is 16.3. The summed E-state index contributed by atoms with van der Waals surface area (Å²) >= 11 is 0. The molecule has 8 aromatic rings. The fraction of sp³-hybridized carbons (Fsp3) is 0.105. The summed E-state index contributed by atoms with van der Waals surface area (Å²) in [6.45, 7) is 2.25. The summed E-state index contributed by atoms with van der Waals surface area (Å²) in [6.07, 6.45) is 3.49. The van der Waals surface area contributed by atoms with Crippen LogP contribution in [0.1, 0.15) is 25.3 Å². The van der Waals surface area contributed by atoms with Crippen LogP contribution in [0.15, 0.2) is 120 Å². The van der Waals surface area contributed by atoms with E-state index in [0.29, 0.717) is 0 Å². The molecule has 1 nitrogen and oxygen atoms in total. The van der Waals surface area contributed by atoms with E-state index in [0.717, 1.165) is 17.6 Å². The quantitative estimate of drug-likeness (QED) is 0.169. The van der Waals surface area contributed by atoms with E-state index in [-0.39, 0.29) is 0 Å². The molecule has 1 heterocycles. The van der Waals surface area contributed by atoms with Crippen LogP contribution in [0.3, 0.4) is 0 Å². The second-order valence-corrected chi connectivity index (χ2v) is 10.7. The molecule has 39 heavy (non-hydrogen) atoms. The molecule has 0 unspecified atom stereocenters. The van der Waals surface area contributed by atoms with Crippen LogP contribution in [-0.4, -0.2) is 0 Å². The number of hydrogen-bond acceptors (Lipinski definition) is 1. The Kier molecular flexibility index (Phi) is 5.00. The third kappa shape index (κ3) is 3.33. The lowest BCUT2D eigenvalue weighted by Gasteiger charge is -2.18. The van der Waals surface area contributed by atoms with Crippen molar-refractivity contribution in [3.8, 4) is 22.3 Å². The van der Waals surface area contributed by atoms with Crippen molar-refractivity contribution >= 4 is 54.3 Å². The summed E-state index contributed by atoms with van der Waals surface area (Å²) in [5.41, 5.74) is 8.43. The first-order valence-electron chi connectivity index (χ1n) is 14.0. The van der Waals surface area contributed by atoms with Crippen molar-refractivity contribution in [2.45, 2.75) is 26.2 Å². The molecular formula is C38H28O. The largest absolute Gasteiger partial charge is 0.456 e. The Bertz CT molecular complexity index is 2090. The molecule has 0 atom stereocenters. The van der Waals surface area contributed by atoms with Crippen LogP contribution in [0.2, 0.25) is 0 Å². The predicted octanol–water partition coefficient (Wildman–Crippen LogP) is 11.2. The molecule has 0 aliphatic rings. The highest BCUT2D eigenvalue weighted by Crippen LogP contribution is 2.47. The Labute approximate surface area is 227 Å². The predicted molar refractivity (Wildman–Crippen MR) is 167 cm³/mol. The van der Waals surface area contributed by atoms with Gasteiger partial charge in [-0.1, -0.05) is 110 Å². The molecule has 7 aromatic carbocycles. The molecule has 0 radical (unpaired) electrons. The Balaban J connectivity index is 1.48. The van der Waals surface area contributed by atoms with Crippen LogP contribution in [0.5, 0.6) is 0 Å². The molecule has 0 aliphatic heterocycles. The van der Waals surface area contributed by atoms with E-state index in [1.54, 1.807) is 0 Å². The van der Waals surface area contributed by atoms with Crippen molar-refractivity contribution in [1.82, 2.24) is 0 Å². The van der Waals surface area contributed by atoms with Crippen molar-refractivity contribution in [3.05, 3.63) is 121 Å². The van der Waals surface area contributed by atoms with E-state index < -0.39 is 0 Å². The third-order valence-electron chi connectivity index (χ3n) is 8.38. The minimum atomic E-state index is 0.969. The van der Waals surface area contributed by atoms with Gasteiger partial charge in [-0.05, 0) is 91.2 Å². The fourth-order valence-electron chi connectivity index (χ4n) is 6.66. The van der Waals surface area contributed by atoms with E-state index in [2.05, 4.69) is 122 Å². The van der Waals surface area contributed by atoms with Gasteiger partial charge in [0.2, 0.25) is 0 Å². The van der Waals surface area contributed by atoms with Gasteiger partial charge in [0.05, 0.1) is 0 Å². The molecule has 186 valence electrons. The Morgan fingerprint density at radius 1 is 0.538 bits per heavy atom. The van der Waals surface area contributed by atoms with Gasteiger partial charge < -0.3 is 4.42 Å². The molecule has 0 aliphatic carbocycles. The van der Waals surface area contributed by atoms with Gasteiger partial charge in [0.15, 0.2) is 0 Å². The van der Waals surface area contributed by atoms with E-state index in [9.17, 15) is 0 Å². The van der Waals surface area contributed by atoms with Crippen molar-refractivity contribution in [2.24, 2.45) is 0 Å². The smallest absolute Gasteiger partial charge is 0.136 e. The van der Waals surface area contributed by atoms with Crippen LogP contribution in [0.25, 0.3) is 76.5 Å². The second kappa shape index (κ2) is 8.71. The number of rotatable bonds is 5. The van der Waals surface area contributed by atoms with Gasteiger partial charge in [-0.25, -0.2) is 0 Å². The number of furan rings is 1. The summed E-state index contributed by atoms with van der Waals surface area (Å²) in [5.74, 6) is 0. The maximum Gasteiger partial charge on any atom is 0.136 e. The first-order valence-corrected chi connectivity index (χ1v) is 14.0. The second-order valence-electron chi connectivity index (χ2n) is 10.7. The molecule has 1 aromatic heterocycles. The molecule has 0 fully saturated rings. The van der Waals surface area contributed by atoms with Crippen molar-refractivity contribution in [2.75, 3.05) is 0 Å². The monoisotopic (exact) mass is 500 g/mol. The van der Waals surface area contributed by atoms with E-state index >= 15 is 0 Å². The van der Waals surface area contributed by atoms with Gasteiger partial charge in [-0.2, -0.15) is 0 Å². The van der Waals surface area contributed by atoms with E-state index in [1.807, 2.05) is 0 Å². The molecule has 8 rings (SSSR count). The van der Waals surface area contributed by atoms with Crippen molar-refractivity contribution < 1.29 is 4.42 Å². The van der Waals surface area contributed by atoms with Gasteiger partial charge in [0.25, 0.3) is 0 Å². The average Bonchev–Trinajstić information content (AvgIpc) is 3.37. The number of benzene rings is 7. The van der Waals surface area contributed by atoms with E-state index in [1.165, 1.54) is 83.7 Å². The van der Waals surface area contributed by atoms with Gasteiger partial charge in [0.1, 0.15) is 11.2 Å². The highest BCUT2D eigenvalue weighted by molar-refractivity contribution is 6.28. The fourth-order valence-corrected chi connectivity index (χ4v) is 6.66. The number of hydrogen-bond donors (Lipinski definition) is 0. The number of unbranched alkanes of at least 4 members (excludes halogenated alkanes) is 1. The standard InChI is InChI=1S/C38H28O/c1-2-3-11-24-22-26-18-19-32-31(20-21-33-38(32)36(26)34(23-24)39-33)37-29-16-9-7-14-27(29)35(25-12-5-4-6-13-25)28-15-8-10-17-30(28)37/h4-10,12-23H,2-3,11H2,1H3. The summed E-state index contributed by atoms with van der Waals surface area (Å²) in [7, 11) is 0. The van der Waals surface area contributed by atoms with Crippen LogP contribution < -0.4 is 0 Å². The molecule has 1 heteroatoms. The summed E-state index contributed by atoms with van der Waals surface area (Å²) in [5, 5.41) is 10.1. The zero-order chi connectivity index (χ0) is 25.9.